The lowest BCUT2D eigenvalue weighted by Gasteiger charge is -2.17. The second-order valence-electron chi connectivity index (χ2n) is 5.65. The summed E-state index contributed by atoms with van der Waals surface area (Å²) in [5.41, 5.74) is 2.24. The van der Waals surface area contributed by atoms with Crippen LogP contribution in [-0.4, -0.2) is 44.2 Å². The zero-order valence-electron chi connectivity index (χ0n) is 13.7. The average Bonchev–Trinajstić information content (AvgIpc) is 3.42. The molecule has 124 valence electrons. The SMILES string of the molecule is COC/C=C(\C=C/COCc1ccccc1)CN(C=O)C1CC1. The van der Waals surface area contributed by atoms with Crippen LogP contribution in [-0.2, 0) is 20.9 Å². The molecule has 0 saturated heterocycles. The van der Waals surface area contributed by atoms with Gasteiger partial charge in [-0.2, -0.15) is 0 Å². The van der Waals surface area contributed by atoms with Gasteiger partial charge in [-0.3, -0.25) is 4.79 Å². The van der Waals surface area contributed by atoms with Crippen molar-refractivity contribution in [3.63, 3.8) is 0 Å². The highest BCUT2D eigenvalue weighted by atomic mass is 16.5. The van der Waals surface area contributed by atoms with Crippen LogP contribution in [0.3, 0.4) is 0 Å². The first-order valence-electron chi connectivity index (χ1n) is 8.00. The number of rotatable bonds is 11. The van der Waals surface area contributed by atoms with Gasteiger partial charge in [0.05, 0.1) is 19.8 Å². The molecule has 0 unspecified atom stereocenters. The highest BCUT2D eigenvalue weighted by molar-refractivity contribution is 5.50. The van der Waals surface area contributed by atoms with E-state index in [1.165, 1.54) is 0 Å². The van der Waals surface area contributed by atoms with E-state index in [1.807, 2.05) is 53.5 Å². The van der Waals surface area contributed by atoms with E-state index in [0.717, 1.165) is 30.4 Å². The van der Waals surface area contributed by atoms with Crippen LogP contribution in [0.2, 0.25) is 0 Å². The number of hydrogen-bond acceptors (Lipinski definition) is 3. The lowest BCUT2D eigenvalue weighted by molar-refractivity contribution is -0.118. The maximum atomic E-state index is 11.1. The standard InChI is InChI=1S/C19H25NO3/c1-22-13-11-17(14-20(16-21)19-9-10-19)8-5-12-23-15-18-6-3-2-4-7-18/h2-8,11,16,19H,9-10,12-15H2,1H3/b8-5-,17-11+. The number of benzene rings is 1. The fourth-order valence-corrected chi connectivity index (χ4v) is 2.26. The number of hydrogen-bond donors (Lipinski definition) is 0. The average molecular weight is 315 g/mol. The molecule has 4 heteroatoms. The minimum absolute atomic E-state index is 0.418. The molecule has 0 radical (unpaired) electrons. The van der Waals surface area contributed by atoms with Crippen molar-refractivity contribution >= 4 is 6.41 Å². The molecule has 1 saturated carbocycles. The molecular weight excluding hydrogens is 290 g/mol. The minimum Gasteiger partial charge on any atom is -0.381 e. The second-order valence-corrected chi connectivity index (χ2v) is 5.65. The lowest BCUT2D eigenvalue weighted by atomic mass is 10.2. The molecule has 1 fully saturated rings. The molecule has 2 rings (SSSR count). The molecule has 1 aliphatic rings. The summed E-state index contributed by atoms with van der Waals surface area (Å²) in [4.78, 5) is 13.0. The molecular formula is C19H25NO3. The smallest absolute Gasteiger partial charge is 0.210 e. The van der Waals surface area contributed by atoms with Gasteiger partial charge in [0.25, 0.3) is 0 Å². The van der Waals surface area contributed by atoms with E-state index in [1.54, 1.807) is 7.11 Å². The zero-order chi connectivity index (χ0) is 16.3. The van der Waals surface area contributed by atoms with Crippen molar-refractivity contribution in [2.45, 2.75) is 25.5 Å². The molecule has 1 amide bonds. The van der Waals surface area contributed by atoms with Gasteiger partial charge in [-0.15, -0.1) is 0 Å². The topological polar surface area (TPSA) is 38.8 Å². The highest BCUT2D eigenvalue weighted by Gasteiger charge is 2.27. The Morgan fingerprint density at radius 3 is 2.70 bits per heavy atom. The maximum absolute atomic E-state index is 11.1. The fraction of sp³-hybridized carbons (Fsp3) is 0.421. The van der Waals surface area contributed by atoms with Crippen molar-refractivity contribution in [2.75, 3.05) is 26.9 Å². The van der Waals surface area contributed by atoms with Crippen LogP contribution in [0.25, 0.3) is 0 Å². The first-order chi connectivity index (χ1) is 11.3. The molecule has 23 heavy (non-hydrogen) atoms. The summed E-state index contributed by atoms with van der Waals surface area (Å²) in [5, 5.41) is 0. The Kier molecular flexibility index (Phi) is 7.57. The van der Waals surface area contributed by atoms with E-state index in [4.69, 9.17) is 9.47 Å². The van der Waals surface area contributed by atoms with Gasteiger partial charge in [0.15, 0.2) is 0 Å². The molecule has 4 nitrogen and oxygen atoms in total. The molecule has 0 spiro atoms. The maximum Gasteiger partial charge on any atom is 0.210 e. The molecule has 0 bridgehead atoms. The Hall–Kier alpha value is -1.91. The molecule has 0 N–H and O–H groups in total. The van der Waals surface area contributed by atoms with Gasteiger partial charge >= 0.3 is 0 Å². The van der Waals surface area contributed by atoms with Crippen molar-refractivity contribution in [3.8, 4) is 0 Å². The normalized spacial score (nSPS) is 15.1. The Morgan fingerprint density at radius 1 is 1.26 bits per heavy atom. The number of nitrogens with zero attached hydrogens (tertiary/aromatic N) is 1. The van der Waals surface area contributed by atoms with Gasteiger partial charge in [-0.25, -0.2) is 0 Å². The van der Waals surface area contributed by atoms with Crippen molar-refractivity contribution in [1.29, 1.82) is 0 Å². The summed E-state index contributed by atoms with van der Waals surface area (Å²) in [7, 11) is 1.67. The van der Waals surface area contributed by atoms with E-state index in [0.29, 0.717) is 32.4 Å². The summed E-state index contributed by atoms with van der Waals surface area (Å²) in [6.07, 6.45) is 9.17. The van der Waals surface area contributed by atoms with E-state index in [-0.39, 0.29) is 0 Å². The number of methoxy groups -OCH3 is 1. The Morgan fingerprint density at radius 2 is 2.04 bits per heavy atom. The second kappa shape index (κ2) is 9.98. The third-order valence-electron chi connectivity index (χ3n) is 3.69. The van der Waals surface area contributed by atoms with Crippen molar-refractivity contribution in [1.82, 2.24) is 4.90 Å². The molecule has 0 atom stereocenters. The van der Waals surface area contributed by atoms with Gasteiger partial charge in [0.1, 0.15) is 0 Å². The van der Waals surface area contributed by atoms with Gasteiger partial charge in [-0.05, 0) is 24.0 Å². The highest BCUT2D eigenvalue weighted by Crippen LogP contribution is 2.26. The summed E-state index contributed by atoms with van der Waals surface area (Å²) >= 11 is 0. The third kappa shape index (κ3) is 6.80. The van der Waals surface area contributed by atoms with Crippen LogP contribution in [0.5, 0.6) is 0 Å². The quantitative estimate of drug-likeness (QED) is 0.358. The Bertz CT molecular complexity index is 521. The molecule has 1 aromatic rings. The van der Waals surface area contributed by atoms with Crippen LogP contribution in [0.15, 0.2) is 54.1 Å². The van der Waals surface area contributed by atoms with E-state index < -0.39 is 0 Å². The van der Waals surface area contributed by atoms with Gasteiger partial charge in [0.2, 0.25) is 6.41 Å². The van der Waals surface area contributed by atoms with Crippen LogP contribution >= 0.6 is 0 Å². The van der Waals surface area contributed by atoms with Gasteiger partial charge in [-0.1, -0.05) is 48.6 Å². The first-order valence-corrected chi connectivity index (χ1v) is 8.00. The largest absolute Gasteiger partial charge is 0.381 e. The van der Waals surface area contributed by atoms with Crippen molar-refractivity contribution in [2.24, 2.45) is 0 Å². The van der Waals surface area contributed by atoms with Crippen LogP contribution in [0, 0.1) is 0 Å². The van der Waals surface area contributed by atoms with Crippen LogP contribution < -0.4 is 0 Å². The molecule has 0 aliphatic heterocycles. The van der Waals surface area contributed by atoms with Crippen molar-refractivity contribution in [3.05, 3.63) is 59.7 Å². The lowest BCUT2D eigenvalue weighted by Crippen LogP contribution is -2.26. The first kappa shape index (κ1) is 17.4. The molecule has 0 heterocycles. The summed E-state index contributed by atoms with van der Waals surface area (Å²) in [6.45, 7) is 2.32. The predicted octanol–water partition coefficient (Wildman–Crippen LogP) is 2.95. The van der Waals surface area contributed by atoms with Gasteiger partial charge in [0, 0.05) is 19.7 Å². The number of carbonyl (C=O) groups is 1. The number of carbonyl (C=O) groups excluding carboxylic acids is 1. The summed E-state index contributed by atoms with van der Waals surface area (Å²) < 4.78 is 10.7. The Balaban J connectivity index is 1.78. The monoisotopic (exact) mass is 315 g/mol. The van der Waals surface area contributed by atoms with E-state index in [2.05, 4.69) is 0 Å². The molecule has 1 aliphatic carbocycles. The third-order valence-corrected chi connectivity index (χ3v) is 3.69. The van der Waals surface area contributed by atoms with Crippen molar-refractivity contribution < 1.29 is 14.3 Å². The predicted molar refractivity (Wildman–Crippen MR) is 91.0 cm³/mol. The van der Waals surface area contributed by atoms with Crippen LogP contribution in [0.4, 0.5) is 0 Å². The molecule has 0 aromatic heterocycles. The Labute approximate surface area is 138 Å². The number of ether oxygens (including phenoxy) is 2. The minimum atomic E-state index is 0.418. The van der Waals surface area contributed by atoms with Gasteiger partial charge < -0.3 is 14.4 Å². The summed E-state index contributed by atoms with van der Waals surface area (Å²) in [5.74, 6) is 0. The zero-order valence-corrected chi connectivity index (χ0v) is 13.7. The number of amides is 1. The summed E-state index contributed by atoms with van der Waals surface area (Å²) in [6, 6.07) is 10.5. The fourth-order valence-electron chi connectivity index (χ4n) is 2.26. The molecule has 1 aromatic carbocycles. The van der Waals surface area contributed by atoms with E-state index >= 15 is 0 Å². The van der Waals surface area contributed by atoms with Crippen LogP contribution in [0.1, 0.15) is 18.4 Å². The van der Waals surface area contributed by atoms with E-state index in [9.17, 15) is 4.79 Å².